The quantitative estimate of drug-likeness (QED) is 0.129. The summed E-state index contributed by atoms with van der Waals surface area (Å²) in [5, 5.41) is 2.53. The molecule has 0 bridgehead atoms. The minimum Gasteiger partial charge on any atom is -0.309 e. The monoisotopic (exact) mass is 841 g/mol. The van der Waals surface area contributed by atoms with E-state index in [1.807, 2.05) is 0 Å². The van der Waals surface area contributed by atoms with Crippen LogP contribution in [0.3, 0.4) is 0 Å². The fourth-order valence-electron chi connectivity index (χ4n) is 10.5. The molecule has 1 aromatic heterocycles. The SMILES string of the molecule is c1ccc(C(=C2c3ccccc3-c3ccc(CCC(c4ccccc4)c4ccc(-c5ccc(-c6ccc7c(c6)c6ccccc6n7-c6ccccc6)cc5)cc4)cc32)c2ccccc2)cc1. The molecule has 0 saturated heterocycles. The molecule has 1 aliphatic rings. The van der Waals surface area contributed by atoms with Gasteiger partial charge in [-0.2, -0.15) is 0 Å². The van der Waals surface area contributed by atoms with E-state index < -0.39 is 0 Å². The predicted octanol–water partition coefficient (Wildman–Crippen LogP) is 16.9. The van der Waals surface area contributed by atoms with Crippen molar-refractivity contribution in [3.05, 3.63) is 294 Å². The van der Waals surface area contributed by atoms with Gasteiger partial charge in [0, 0.05) is 22.4 Å². The Morgan fingerprint density at radius 3 is 1.53 bits per heavy atom. The lowest BCUT2D eigenvalue weighted by atomic mass is 9.84. The van der Waals surface area contributed by atoms with E-state index >= 15 is 0 Å². The topological polar surface area (TPSA) is 4.93 Å². The number of aromatic nitrogens is 1. The number of rotatable bonds is 10. The molecule has 0 aliphatic heterocycles. The maximum absolute atomic E-state index is 2.48. The van der Waals surface area contributed by atoms with Crippen LogP contribution in [0.5, 0.6) is 0 Å². The first-order valence-corrected chi connectivity index (χ1v) is 23.2. The third-order valence-electron chi connectivity index (χ3n) is 13.7. The summed E-state index contributed by atoms with van der Waals surface area (Å²) in [5.74, 6) is 0.259. The van der Waals surface area contributed by atoms with E-state index in [0.717, 1.165) is 12.8 Å². The van der Waals surface area contributed by atoms with Gasteiger partial charge < -0.3 is 4.57 Å². The average molecular weight is 842 g/mol. The van der Waals surface area contributed by atoms with E-state index in [9.17, 15) is 0 Å². The van der Waals surface area contributed by atoms with Gasteiger partial charge in [0.05, 0.1) is 11.0 Å². The number of aryl methyl sites for hydroxylation is 1. The summed E-state index contributed by atoms with van der Waals surface area (Å²) in [4.78, 5) is 0. The van der Waals surface area contributed by atoms with Gasteiger partial charge in [-0.05, 0) is 127 Å². The maximum Gasteiger partial charge on any atom is 0.0541 e. The number of para-hydroxylation sites is 2. The van der Waals surface area contributed by atoms with Crippen LogP contribution in [0.2, 0.25) is 0 Å². The van der Waals surface area contributed by atoms with Crippen molar-refractivity contribution in [2.75, 3.05) is 0 Å². The van der Waals surface area contributed by atoms with E-state index in [-0.39, 0.29) is 5.92 Å². The van der Waals surface area contributed by atoms with Crippen LogP contribution < -0.4 is 0 Å². The van der Waals surface area contributed by atoms with E-state index in [4.69, 9.17) is 0 Å². The number of benzene rings is 10. The molecule has 1 heterocycles. The summed E-state index contributed by atoms with van der Waals surface area (Å²) in [7, 11) is 0. The van der Waals surface area contributed by atoms with Crippen molar-refractivity contribution in [3.63, 3.8) is 0 Å². The van der Waals surface area contributed by atoms with Crippen molar-refractivity contribution in [2.24, 2.45) is 0 Å². The van der Waals surface area contributed by atoms with Gasteiger partial charge in [-0.25, -0.2) is 0 Å². The van der Waals surface area contributed by atoms with E-state index in [2.05, 4.69) is 259 Å². The molecule has 66 heavy (non-hydrogen) atoms. The molecule has 0 N–H and O–H groups in total. The first-order chi connectivity index (χ1) is 32.7. The van der Waals surface area contributed by atoms with Crippen molar-refractivity contribution in [3.8, 4) is 39.1 Å². The lowest BCUT2D eigenvalue weighted by Gasteiger charge is -2.19. The molecule has 1 nitrogen and oxygen atoms in total. The number of hydrogen-bond acceptors (Lipinski definition) is 0. The molecule has 11 aromatic rings. The number of hydrogen-bond donors (Lipinski definition) is 0. The first kappa shape index (κ1) is 39.3. The standard InChI is InChI=1S/C65H47N/c1-5-17-49(18-6-1)55(40-29-45-30-41-57-56-25-13-14-27-59(56)65(61(57)43-45)64(51-19-7-2-8-20-51)52-21-9-3-10-22-52)50-37-35-47(36-38-50)46-31-33-48(34-32-46)53-39-42-63-60(44-53)58-26-15-16-28-62(58)66(63)54-23-11-4-12-24-54/h1-28,30-39,41-44,55H,29,40H2. The molecular formula is C65H47N. The number of fused-ring (bicyclic) bond motifs is 6. The molecule has 12 rings (SSSR count). The Balaban J connectivity index is 0.835. The molecule has 0 radical (unpaired) electrons. The van der Waals surface area contributed by atoms with Crippen LogP contribution in [0.15, 0.2) is 255 Å². The molecule has 312 valence electrons. The van der Waals surface area contributed by atoms with Crippen LogP contribution >= 0.6 is 0 Å². The molecule has 0 saturated carbocycles. The maximum atomic E-state index is 2.48. The lowest BCUT2D eigenvalue weighted by molar-refractivity contribution is 0.715. The zero-order valence-electron chi connectivity index (χ0n) is 36.7. The molecule has 1 aliphatic carbocycles. The fraction of sp³-hybridized carbons (Fsp3) is 0.0462. The third-order valence-corrected chi connectivity index (χ3v) is 13.7. The van der Waals surface area contributed by atoms with E-state index in [0.29, 0.717) is 0 Å². The predicted molar refractivity (Wildman–Crippen MR) is 278 cm³/mol. The molecule has 10 aromatic carbocycles. The first-order valence-electron chi connectivity index (χ1n) is 23.2. The minimum atomic E-state index is 0.259. The van der Waals surface area contributed by atoms with Crippen molar-refractivity contribution in [1.82, 2.24) is 4.57 Å². The lowest BCUT2D eigenvalue weighted by Crippen LogP contribution is -2.03. The summed E-state index contributed by atoms with van der Waals surface area (Å²) in [6.45, 7) is 0. The Bertz CT molecular complexity index is 3480. The zero-order valence-corrected chi connectivity index (χ0v) is 36.7. The van der Waals surface area contributed by atoms with Crippen LogP contribution in [-0.2, 0) is 6.42 Å². The van der Waals surface area contributed by atoms with Crippen LogP contribution in [0.4, 0.5) is 0 Å². The summed E-state index contributed by atoms with van der Waals surface area (Å²) in [5.41, 5.74) is 22.9. The minimum absolute atomic E-state index is 0.259. The molecular weight excluding hydrogens is 795 g/mol. The summed E-state index contributed by atoms with van der Waals surface area (Å²) in [6, 6.07) is 93.7. The largest absolute Gasteiger partial charge is 0.309 e. The summed E-state index contributed by atoms with van der Waals surface area (Å²) in [6.07, 6.45) is 1.96. The Hall–Kier alpha value is -8.26. The van der Waals surface area contributed by atoms with Gasteiger partial charge in [-0.3, -0.25) is 0 Å². The summed E-state index contributed by atoms with van der Waals surface area (Å²) >= 11 is 0. The van der Waals surface area contributed by atoms with Crippen molar-refractivity contribution in [2.45, 2.75) is 18.8 Å². The van der Waals surface area contributed by atoms with Gasteiger partial charge in [-0.15, -0.1) is 0 Å². The van der Waals surface area contributed by atoms with Gasteiger partial charge in [0.1, 0.15) is 0 Å². The van der Waals surface area contributed by atoms with E-state index in [1.165, 1.54) is 111 Å². The normalized spacial score (nSPS) is 12.3. The Kier molecular flexibility index (Phi) is 10.2. The van der Waals surface area contributed by atoms with Crippen LogP contribution in [0.1, 0.15) is 51.3 Å². The highest BCUT2D eigenvalue weighted by atomic mass is 15.0. The van der Waals surface area contributed by atoms with E-state index in [1.54, 1.807) is 0 Å². The second-order valence-corrected chi connectivity index (χ2v) is 17.5. The molecule has 1 atom stereocenters. The highest BCUT2D eigenvalue weighted by Gasteiger charge is 2.28. The van der Waals surface area contributed by atoms with Crippen molar-refractivity contribution >= 4 is 33.0 Å². The summed E-state index contributed by atoms with van der Waals surface area (Å²) < 4.78 is 2.37. The van der Waals surface area contributed by atoms with Gasteiger partial charge in [0.2, 0.25) is 0 Å². The Labute approximate surface area is 387 Å². The Morgan fingerprint density at radius 2 is 0.848 bits per heavy atom. The van der Waals surface area contributed by atoms with Gasteiger partial charge in [0.25, 0.3) is 0 Å². The highest BCUT2D eigenvalue weighted by Crippen LogP contribution is 2.49. The molecule has 0 fully saturated rings. The molecule has 0 spiro atoms. The Morgan fingerprint density at radius 1 is 0.348 bits per heavy atom. The molecule has 1 unspecified atom stereocenters. The average Bonchev–Trinajstić information content (AvgIpc) is 3.90. The van der Waals surface area contributed by atoms with Crippen molar-refractivity contribution < 1.29 is 0 Å². The van der Waals surface area contributed by atoms with Crippen LogP contribution in [0.25, 0.3) is 72.0 Å². The molecule has 0 amide bonds. The van der Waals surface area contributed by atoms with Gasteiger partial charge >= 0.3 is 0 Å². The molecule has 1 heteroatoms. The second-order valence-electron chi connectivity index (χ2n) is 17.5. The fourth-order valence-corrected chi connectivity index (χ4v) is 10.5. The highest BCUT2D eigenvalue weighted by molar-refractivity contribution is 6.14. The van der Waals surface area contributed by atoms with Crippen molar-refractivity contribution in [1.29, 1.82) is 0 Å². The number of nitrogens with zero attached hydrogens (tertiary/aromatic N) is 1. The third kappa shape index (κ3) is 7.16. The second kappa shape index (κ2) is 17.0. The van der Waals surface area contributed by atoms with Gasteiger partial charge in [0.15, 0.2) is 0 Å². The van der Waals surface area contributed by atoms with Gasteiger partial charge in [-0.1, -0.05) is 224 Å². The van der Waals surface area contributed by atoms with Crippen LogP contribution in [-0.4, -0.2) is 4.57 Å². The van der Waals surface area contributed by atoms with Crippen LogP contribution in [0, 0.1) is 0 Å². The zero-order chi connectivity index (χ0) is 43.8. The smallest absolute Gasteiger partial charge is 0.0541 e.